The summed E-state index contributed by atoms with van der Waals surface area (Å²) >= 11 is 0. The molecular formula is C20H18F5NO. The average molecular weight is 383 g/mol. The molecule has 1 N–H and O–H groups in total. The fraction of sp³-hybridized carbons (Fsp3) is 0.350. The molecule has 1 unspecified atom stereocenters. The zero-order valence-corrected chi connectivity index (χ0v) is 14.8. The second kappa shape index (κ2) is 6.32. The van der Waals surface area contributed by atoms with E-state index in [1.54, 1.807) is 0 Å². The van der Waals surface area contributed by atoms with Crippen LogP contribution in [0.5, 0.6) is 0 Å². The highest BCUT2D eigenvalue weighted by Gasteiger charge is 2.62. The number of rotatable bonds is 4. The summed E-state index contributed by atoms with van der Waals surface area (Å²) in [5.41, 5.74) is -1.43. The number of hydrogen-bond donors (Lipinski definition) is 1. The normalized spacial score (nSPS) is 21.0. The first kappa shape index (κ1) is 19.3. The van der Waals surface area contributed by atoms with Crippen LogP contribution < -0.4 is 5.32 Å². The molecule has 0 saturated heterocycles. The van der Waals surface area contributed by atoms with Gasteiger partial charge in [-0.3, -0.25) is 4.79 Å². The van der Waals surface area contributed by atoms with Crippen LogP contribution in [-0.4, -0.2) is 12.5 Å². The first-order valence-corrected chi connectivity index (χ1v) is 8.37. The molecule has 1 fully saturated rings. The third-order valence-electron chi connectivity index (χ3n) is 5.39. The van der Waals surface area contributed by atoms with Crippen molar-refractivity contribution in [2.24, 2.45) is 5.41 Å². The summed E-state index contributed by atoms with van der Waals surface area (Å²) < 4.78 is 65.3. The second-order valence-electron chi connectivity index (χ2n) is 7.52. The van der Waals surface area contributed by atoms with E-state index in [9.17, 15) is 26.7 Å². The molecular weight excluding hydrogens is 365 g/mol. The lowest BCUT2D eigenvalue weighted by Crippen LogP contribution is -2.35. The van der Waals surface area contributed by atoms with Crippen molar-refractivity contribution >= 4 is 5.91 Å². The Morgan fingerprint density at radius 1 is 1.07 bits per heavy atom. The quantitative estimate of drug-likeness (QED) is 0.733. The van der Waals surface area contributed by atoms with Crippen molar-refractivity contribution < 1.29 is 26.7 Å². The molecule has 0 bridgehead atoms. The predicted molar refractivity (Wildman–Crippen MR) is 90.2 cm³/mol. The summed E-state index contributed by atoms with van der Waals surface area (Å²) in [6.07, 6.45) is -3.88. The lowest BCUT2D eigenvalue weighted by atomic mass is 9.87. The third-order valence-corrected chi connectivity index (χ3v) is 5.39. The maximum atomic E-state index is 14.3. The van der Waals surface area contributed by atoms with Crippen molar-refractivity contribution in [3.05, 3.63) is 70.8 Å². The Kier molecular flexibility index (Phi) is 4.52. The van der Waals surface area contributed by atoms with Crippen molar-refractivity contribution in [3.8, 4) is 0 Å². The fourth-order valence-corrected chi connectivity index (χ4v) is 3.59. The molecule has 3 rings (SSSR count). The average Bonchev–Trinajstić information content (AvgIpc) is 3.14. The minimum absolute atomic E-state index is 0.0798. The fourth-order valence-electron chi connectivity index (χ4n) is 3.59. The van der Waals surface area contributed by atoms with E-state index in [0.717, 1.165) is 30.3 Å². The summed E-state index contributed by atoms with van der Waals surface area (Å²) in [4.78, 5) is 12.3. The molecule has 2 nitrogen and oxygen atoms in total. The summed E-state index contributed by atoms with van der Waals surface area (Å²) in [7, 11) is 0. The van der Waals surface area contributed by atoms with E-state index in [1.807, 2.05) is 13.8 Å². The van der Waals surface area contributed by atoms with Crippen LogP contribution in [0.4, 0.5) is 22.0 Å². The monoisotopic (exact) mass is 383 g/mol. The number of halogens is 5. The van der Waals surface area contributed by atoms with E-state index in [1.165, 1.54) is 12.1 Å². The Morgan fingerprint density at radius 2 is 1.67 bits per heavy atom. The van der Waals surface area contributed by atoms with E-state index in [-0.39, 0.29) is 17.5 Å². The van der Waals surface area contributed by atoms with Gasteiger partial charge in [-0.25, -0.2) is 8.78 Å². The van der Waals surface area contributed by atoms with Crippen molar-refractivity contribution in [3.63, 3.8) is 0 Å². The van der Waals surface area contributed by atoms with Gasteiger partial charge in [-0.1, -0.05) is 19.9 Å². The molecule has 1 amide bonds. The van der Waals surface area contributed by atoms with Crippen molar-refractivity contribution in [1.29, 1.82) is 0 Å². The lowest BCUT2D eigenvalue weighted by Gasteiger charge is -2.22. The van der Waals surface area contributed by atoms with E-state index in [0.29, 0.717) is 12.0 Å². The number of carbonyl (C=O) groups excluding carboxylic acids is 1. The van der Waals surface area contributed by atoms with Gasteiger partial charge in [0, 0.05) is 23.6 Å². The highest BCUT2D eigenvalue weighted by Crippen LogP contribution is 2.64. The topological polar surface area (TPSA) is 29.1 Å². The number of hydrogen-bond acceptors (Lipinski definition) is 1. The van der Waals surface area contributed by atoms with Crippen LogP contribution in [0.15, 0.2) is 42.5 Å². The van der Waals surface area contributed by atoms with Gasteiger partial charge in [0.1, 0.15) is 11.6 Å². The molecule has 144 valence electrons. The van der Waals surface area contributed by atoms with Gasteiger partial charge in [0.15, 0.2) is 0 Å². The number of amides is 1. The maximum absolute atomic E-state index is 14.3. The van der Waals surface area contributed by atoms with Crippen LogP contribution >= 0.6 is 0 Å². The maximum Gasteiger partial charge on any atom is 0.416 e. The van der Waals surface area contributed by atoms with E-state index < -0.39 is 34.7 Å². The number of nitrogens with one attached hydrogen (secondary N) is 1. The van der Waals surface area contributed by atoms with Crippen LogP contribution in [0.2, 0.25) is 0 Å². The largest absolute Gasteiger partial charge is 0.416 e. The van der Waals surface area contributed by atoms with Gasteiger partial charge in [-0.05, 0) is 47.7 Å². The molecule has 0 heterocycles. The second-order valence-corrected chi connectivity index (χ2v) is 7.52. The van der Waals surface area contributed by atoms with Gasteiger partial charge in [0.25, 0.3) is 5.91 Å². The van der Waals surface area contributed by atoms with Crippen LogP contribution in [-0.2, 0) is 11.6 Å². The Hall–Kier alpha value is -2.44. The summed E-state index contributed by atoms with van der Waals surface area (Å²) in [5.74, 6) is -1.91. The highest BCUT2D eigenvalue weighted by molar-refractivity contribution is 5.94. The molecule has 2 aromatic rings. The minimum atomic E-state index is -4.47. The molecule has 1 aliphatic rings. The first-order chi connectivity index (χ1) is 12.5. The van der Waals surface area contributed by atoms with Crippen LogP contribution in [0, 0.1) is 17.0 Å². The van der Waals surface area contributed by atoms with Gasteiger partial charge >= 0.3 is 6.18 Å². The number of carbonyl (C=O) groups is 1. The van der Waals surface area contributed by atoms with Gasteiger partial charge in [0.05, 0.1) is 5.56 Å². The van der Waals surface area contributed by atoms with Crippen molar-refractivity contribution in [1.82, 2.24) is 5.32 Å². The molecule has 0 spiro atoms. The van der Waals surface area contributed by atoms with Gasteiger partial charge in [-0.2, -0.15) is 13.2 Å². The molecule has 1 saturated carbocycles. The Balaban J connectivity index is 1.77. The van der Waals surface area contributed by atoms with E-state index in [2.05, 4.69) is 5.32 Å². The van der Waals surface area contributed by atoms with Gasteiger partial charge in [0.2, 0.25) is 0 Å². The van der Waals surface area contributed by atoms with Gasteiger partial charge < -0.3 is 5.32 Å². The zero-order valence-electron chi connectivity index (χ0n) is 14.8. The standard InChI is InChI=1S/C20H18F5NO/c1-18(2)10-19(18,15-8-7-14(21)9-16(15)22)11-26-17(27)12-3-5-13(6-4-12)20(23,24)25/h3-9H,10-11H2,1-2H3,(H,26,27). The summed E-state index contributed by atoms with van der Waals surface area (Å²) in [6.45, 7) is 3.93. The molecule has 2 aromatic carbocycles. The summed E-state index contributed by atoms with van der Waals surface area (Å²) in [5, 5.41) is 2.68. The van der Waals surface area contributed by atoms with Crippen molar-refractivity contribution in [2.45, 2.75) is 31.9 Å². The molecule has 0 radical (unpaired) electrons. The molecule has 0 aromatic heterocycles. The SMILES string of the molecule is CC1(C)CC1(CNC(=O)c1ccc(C(F)(F)F)cc1)c1ccc(F)cc1F. The van der Waals surface area contributed by atoms with Crippen LogP contribution in [0.25, 0.3) is 0 Å². The van der Waals surface area contributed by atoms with E-state index in [4.69, 9.17) is 0 Å². The Morgan fingerprint density at radius 3 is 2.15 bits per heavy atom. The first-order valence-electron chi connectivity index (χ1n) is 8.37. The van der Waals surface area contributed by atoms with E-state index >= 15 is 0 Å². The summed E-state index contributed by atoms with van der Waals surface area (Å²) in [6, 6.07) is 7.23. The molecule has 27 heavy (non-hydrogen) atoms. The predicted octanol–water partition coefficient (Wildman–Crippen LogP) is 5.08. The lowest BCUT2D eigenvalue weighted by molar-refractivity contribution is -0.137. The smallest absolute Gasteiger partial charge is 0.351 e. The third kappa shape index (κ3) is 3.55. The molecule has 1 aliphatic carbocycles. The van der Waals surface area contributed by atoms with Gasteiger partial charge in [-0.15, -0.1) is 0 Å². The van der Waals surface area contributed by atoms with Crippen LogP contribution in [0.1, 0.15) is 41.8 Å². The van der Waals surface area contributed by atoms with Crippen LogP contribution in [0.3, 0.4) is 0 Å². The van der Waals surface area contributed by atoms with Crippen molar-refractivity contribution in [2.75, 3.05) is 6.54 Å². The zero-order chi connectivity index (χ0) is 20.0. The molecule has 1 atom stereocenters. The molecule has 0 aliphatic heterocycles. The Labute approximate surface area is 153 Å². The Bertz CT molecular complexity index is 873. The minimum Gasteiger partial charge on any atom is -0.351 e. The number of alkyl halides is 3. The molecule has 7 heteroatoms. The number of benzene rings is 2. The highest BCUT2D eigenvalue weighted by atomic mass is 19.4.